The normalized spacial score (nSPS) is 33.2. The highest BCUT2D eigenvalue weighted by molar-refractivity contribution is 4.81. The van der Waals surface area contributed by atoms with Gasteiger partial charge in [-0.3, -0.25) is 0 Å². The van der Waals surface area contributed by atoms with E-state index in [4.69, 9.17) is 10.5 Å². The van der Waals surface area contributed by atoms with Crippen LogP contribution in [0.3, 0.4) is 0 Å². The SMILES string of the molecule is CC(CNCC1CCC(CN)O1)C1CC1. The third-order valence-electron chi connectivity index (χ3n) is 3.72. The van der Waals surface area contributed by atoms with Crippen LogP contribution in [0.2, 0.25) is 0 Å². The maximum absolute atomic E-state index is 5.78. The first-order valence-corrected chi connectivity index (χ1v) is 6.36. The second-order valence-electron chi connectivity index (χ2n) is 5.17. The van der Waals surface area contributed by atoms with Gasteiger partial charge in [0.15, 0.2) is 0 Å². The Labute approximate surface area is 92.7 Å². The van der Waals surface area contributed by atoms with Gasteiger partial charge in [-0.15, -0.1) is 0 Å². The molecule has 3 unspecified atom stereocenters. The quantitative estimate of drug-likeness (QED) is 0.694. The Bertz CT molecular complexity index is 194. The molecule has 2 aliphatic rings. The Kier molecular flexibility index (Phi) is 4.00. The molecule has 3 atom stereocenters. The lowest BCUT2D eigenvalue weighted by Gasteiger charge is -2.15. The molecule has 1 saturated carbocycles. The van der Waals surface area contributed by atoms with E-state index in [9.17, 15) is 0 Å². The molecular weight excluding hydrogens is 188 g/mol. The molecule has 0 bridgehead atoms. The van der Waals surface area contributed by atoms with Crippen LogP contribution in [-0.2, 0) is 4.74 Å². The van der Waals surface area contributed by atoms with Crippen molar-refractivity contribution in [2.75, 3.05) is 19.6 Å². The van der Waals surface area contributed by atoms with Gasteiger partial charge >= 0.3 is 0 Å². The summed E-state index contributed by atoms with van der Waals surface area (Å²) >= 11 is 0. The molecule has 15 heavy (non-hydrogen) atoms. The minimum absolute atomic E-state index is 0.317. The fourth-order valence-electron chi connectivity index (χ4n) is 2.41. The summed E-state index contributed by atoms with van der Waals surface area (Å²) in [5.41, 5.74) is 5.58. The molecule has 0 spiro atoms. The van der Waals surface area contributed by atoms with Crippen molar-refractivity contribution in [1.29, 1.82) is 0 Å². The molecule has 0 amide bonds. The second kappa shape index (κ2) is 5.28. The minimum atomic E-state index is 0.317. The van der Waals surface area contributed by atoms with Gasteiger partial charge < -0.3 is 15.8 Å². The van der Waals surface area contributed by atoms with Crippen LogP contribution in [-0.4, -0.2) is 31.8 Å². The van der Waals surface area contributed by atoms with Gasteiger partial charge in [0.1, 0.15) is 0 Å². The molecule has 1 aliphatic carbocycles. The topological polar surface area (TPSA) is 47.3 Å². The summed E-state index contributed by atoms with van der Waals surface area (Å²) in [6, 6.07) is 0. The fourth-order valence-corrected chi connectivity index (χ4v) is 2.41. The molecule has 3 nitrogen and oxygen atoms in total. The molecule has 88 valence electrons. The van der Waals surface area contributed by atoms with Crippen molar-refractivity contribution in [2.24, 2.45) is 17.6 Å². The van der Waals surface area contributed by atoms with Crippen LogP contribution < -0.4 is 11.1 Å². The van der Waals surface area contributed by atoms with Crippen molar-refractivity contribution in [3.63, 3.8) is 0 Å². The summed E-state index contributed by atoms with van der Waals surface area (Å²) in [4.78, 5) is 0. The van der Waals surface area contributed by atoms with Crippen molar-refractivity contribution >= 4 is 0 Å². The van der Waals surface area contributed by atoms with Crippen LogP contribution in [0.4, 0.5) is 0 Å². The number of ether oxygens (including phenoxy) is 1. The summed E-state index contributed by atoms with van der Waals surface area (Å²) in [5, 5.41) is 3.53. The Morgan fingerprint density at radius 2 is 2.00 bits per heavy atom. The third kappa shape index (κ3) is 3.44. The number of rotatable bonds is 6. The van der Waals surface area contributed by atoms with Crippen LogP contribution >= 0.6 is 0 Å². The molecule has 1 heterocycles. The average Bonchev–Trinajstić information content (AvgIpc) is 2.99. The van der Waals surface area contributed by atoms with Crippen LogP contribution in [0.25, 0.3) is 0 Å². The molecule has 2 fully saturated rings. The molecule has 2 rings (SSSR count). The number of hydrogen-bond acceptors (Lipinski definition) is 3. The first-order valence-electron chi connectivity index (χ1n) is 6.36. The van der Waals surface area contributed by atoms with E-state index in [1.165, 1.54) is 19.3 Å². The molecule has 3 N–H and O–H groups in total. The van der Waals surface area contributed by atoms with E-state index < -0.39 is 0 Å². The van der Waals surface area contributed by atoms with E-state index in [0.717, 1.165) is 31.3 Å². The van der Waals surface area contributed by atoms with Gasteiger partial charge in [-0.25, -0.2) is 0 Å². The molecule has 0 aromatic carbocycles. The fraction of sp³-hybridized carbons (Fsp3) is 1.00. The lowest BCUT2D eigenvalue weighted by atomic mass is 10.1. The Hall–Kier alpha value is -0.120. The minimum Gasteiger partial charge on any atom is -0.372 e. The van der Waals surface area contributed by atoms with Gasteiger partial charge in [0.2, 0.25) is 0 Å². The lowest BCUT2D eigenvalue weighted by Crippen LogP contribution is -2.31. The lowest BCUT2D eigenvalue weighted by molar-refractivity contribution is 0.0500. The van der Waals surface area contributed by atoms with Crippen LogP contribution in [0, 0.1) is 11.8 Å². The maximum atomic E-state index is 5.78. The Morgan fingerprint density at radius 3 is 2.60 bits per heavy atom. The van der Waals surface area contributed by atoms with Gasteiger partial charge in [-0.1, -0.05) is 6.92 Å². The van der Waals surface area contributed by atoms with Crippen molar-refractivity contribution in [2.45, 2.75) is 44.8 Å². The zero-order valence-electron chi connectivity index (χ0n) is 9.74. The van der Waals surface area contributed by atoms with E-state index in [0.29, 0.717) is 18.8 Å². The average molecular weight is 212 g/mol. The van der Waals surface area contributed by atoms with Gasteiger partial charge in [0.05, 0.1) is 12.2 Å². The van der Waals surface area contributed by atoms with Gasteiger partial charge in [-0.2, -0.15) is 0 Å². The molecule has 1 saturated heterocycles. The van der Waals surface area contributed by atoms with Crippen molar-refractivity contribution in [1.82, 2.24) is 5.32 Å². The van der Waals surface area contributed by atoms with E-state index in [1.54, 1.807) is 0 Å². The van der Waals surface area contributed by atoms with Gasteiger partial charge in [0.25, 0.3) is 0 Å². The predicted molar refractivity (Wildman–Crippen MR) is 61.7 cm³/mol. The Balaban J connectivity index is 1.54. The predicted octanol–water partition coefficient (Wildman–Crippen LogP) is 1.13. The first kappa shape index (κ1) is 11.4. The van der Waals surface area contributed by atoms with Crippen LogP contribution in [0.15, 0.2) is 0 Å². The first-order chi connectivity index (χ1) is 7.29. The van der Waals surface area contributed by atoms with Crippen molar-refractivity contribution in [3.8, 4) is 0 Å². The van der Waals surface area contributed by atoms with E-state index in [2.05, 4.69) is 12.2 Å². The molecule has 1 aliphatic heterocycles. The third-order valence-corrected chi connectivity index (χ3v) is 3.72. The molecule has 0 aromatic heterocycles. The monoisotopic (exact) mass is 212 g/mol. The highest BCUT2D eigenvalue weighted by atomic mass is 16.5. The van der Waals surface area contributed by atoms with Crippen molar-refractivity contribution < 1.29 is 4.74 Å². The molecule has 0 radical (unpaired) electrons. The maximum Gasteiger partial charge on any atom is 0.0704 e. The highest BCUT2D eigenvalue weighted by Crippen LogP contribution is 2.36. The van der Waals surface area contributed by atoms with Crippen LogP contribution in [0.5, 0.6) is 0 Å². The summed E-state index contributed by atoms with van der Waals surface area (Å²) in [6.07, 6.45) is 5.92. The van der Waals surface area contributed by atoms with E-state index in [-0.39, 0.29) is 0 Å². The summed E-state index contributed by atoms with van der Waals surface area (Å²) < 4.78 is 5.78. The van der Waals surface area contributed by atoms with Crippen LogP contribution in [0.1, 0.15) is 32.6 Å². The second-order valence-corrected chi connectivity index (χ2v) is 5.17. The van der Waals surface area contributed by atoms with E-state index >= 15 is 0 Å². The highest BCUT2D eigenvalue weighted by Gasteiger charge is 2.28. The number of nitrogens with two attached hydrogens (primary N) is 1. The van der Waals surface area contributed by atoms with E-state index in [1.807, 2.05) is 0 Å². The molecular formula is C12H24N2O. The number of nitrogens with one attached hydrogen (secondary N) is 1. The van der Waals surface area contributed by atoms with Crippen molar-refractivity contribution in [3.05, 3.63) is 0 Å². The zero-order chi connectivity index (χ0) is 10.7. The Morgan fingerprint density at radius 1 is 1.27 bits per heavy atom. The summed E-state index contributed by atoms with van der Waals surface area (Å²) in [7, 11) is 0. The molecule has 0 aromatic rings. The van der Waals surface area contributed by atoms with Gasteiger partial charge in [0, 0.05) is 13.1 Å². The smallest absolute Gasteiger partial charge is 0.0704 e. The molecule has 3 heteroatoms. The zero-order valence-corrected chi connectivity index (χ0v) is 9.74. The number of hydrogen-bond donors (Lipinski definition) is 2. The standard InChI is InChI=1S/C12H24N2O/c1-9(10-2-3-10)7-14-8-12-5-4-11(6-13)15-12/h9-12,14H,2-8,13H2,1H3. The summed E-state index contributed by atoms with van der Waals surface area (Å²) in [6.45, 7) is 5.18. The van der Waals surface area contributed by atoms with Gasteiger partial charge in [-0.05, 0) is 44.1 Å². The largest absolute Gasteiger partial charge is 0.372 e. The summed E-state index contributed by atoms with van der Waals surface area (Å²) in [5.74, 6) is 1.84.